The normalized spacial score (nSPS) is 15.2. The first-order valence-electron chi connectivity index (χ1n) is 5.28. The van der Waals surface area contributed by atoms with Gasteiger partial charge < -0.3 is 0 Å². The minimum atomic E-state index is -0.445. The van der Waals surface area contributed by atoms with Gasteiger partial charge in [0.25, 0.3) is 0 Å². The fourth-order valence-corrected chi connectivity index (χ4v) is 3.19. The summed E-state index contributed by atoms with van der Waals surface area (Å²) in [5.41, 5.74) is 0. The third kappa shape index (κ3) is 5.41. The Hall–Kier alpha value is 0.0900. The minimum Gasteiger partial charge on any atom is -0.225 e. The number of hydrogen-bond acceptors (Lipinski definition) is 0. The van der Waals surface area contributed by atoms with E-state index >= 15 is 0 Å². The fourth-order valence-electron chi connectivity index (χ4n) is 1.30. The van der Waals surface area contributed by atoms with Gasteiger partial charge in [-0.05, 0) is 48.9 Å². The van der Waals surface area contributed by atoms with Crippen LogP contribution in [-0.4, -0.2) is 18.3 Å². The maximum atomic E-state index is 2.45. The zero-order chi connectivity index (χ0) is 10.5. The molecule has 0 unspecified atom stereocenters. The van der Waals surface area contributed by atoms with Gasteiger partial charge in [-0.2, -0.15) is 0 Å². The molecule has 0 amide bonds. The van der Waals surface area contributed by atoms with Crippen molar-refractivity contribution in [3.63, 3.8) is 0 Å². The maximum Gasteiger partial charge on any atom is -0.0199 e. The molecule has 0 fully saturated rings. The van der Waals surface area contributed by atoms with Crippen LogP contribution in [0.2, 0.25) is 0 Å². The second-order valence-electron chi connectivity index (χ2n) is 4.69. The Bertz CT molecular complexity index is 166. The van der Waals surface area contributed by atoms with Crippen molar-refractivity contribution in [3.8, 4) is 0 Å². The van der Waals surface area contributed by atoms with Crippen LogP contribution in [0.4, 0.5) is 0 Å². The van der Waals surface area contributed by atoms with Crippen molar-refractivity contribution >= 4 is 10.0 Å². The molecule has 0 spiro atoms. The van der Waals surface area contributed by atoms with Gasteiger partial charge in [0, 0.05) is 0 Å². The first-order valence-corrected chi connectivity index (χ1v) is 7.89. The van der Waals surface area contributed by atoms with Gasteiger partial charge >= 0.3 is 0 Å². The molecule has 13 heavy (non-hydrogen) atoms. The van der Waals surface area contributed by atoms with Gasteiger partial charge in [0.1, 0.15) is 0 Å². The fraction of sp³-hybridized carbons (Fsp3) is 0.833. The SMILES string of the molecule is CCCS(C)(C)C(C)=CCC(C)C. The minimum absolute atomic E-state index is 0.445. The predicted molar refractivity (Wildman–Crippen MR) is 67.8 cm³/mol. The summed E-state index contributed by atoms with van der Waals surface area (Å²) in [6.45, 7) is 9.16. The highest BCUT2D eigenvalue weighted by Gasteiger charge is 2.12. The van der Waals surface area contributed by atoms with Crippen molar-refractivity contribution in [1.82, 2.24) is 0 Å². The molecule has 0 aromatic heterocycles. The summed E-state index contributed by atoms with van der Waals surface area (Å²) in [6.07, 6.45) is 9.88. The Morgan fingerprint density at radius 1 is 1.31 bits per heavy atom. The molecule has 0 rings (SSSR count). The molecular formula is C12H26S. The van der Waals surface area contributed by atoms with Crippen molar-refractivity contribution in [3.05, 3.63) is 11.0 Å². The van der Waals surface area contributed by atoms with Crippen LogP contribution in [0, 0.1) is 5.92 Å². The van der Waals surface area contributed by atoms with Crippen molar-refractivity contribution in [2.75, 3.05) is 18.3 Å². The molecule has 1 heteroatoms. The Kier molecular flexibility index (Phi) is 5.78. The van der Waals surface area contributed by atoms with Gasteiger partial charge in [-0.25, -0.2) is 10.0 Å². The molecule has 80 valence electrons. The zero-order valence-corrected chi connectivity index (χ0v) is 11.0. The molecule has 0 aliphatic rings. The predicted octanol–water partition coefficient (Wildman–Crippen LogP) is 4.41. The van der Waals surface area contributed by atoms with Crippen LogP contribution in [0.5, 0.6) is 0 Å². The van der Waals surface area contributed by atoms with Crippen molar-refractivity contribution in [2.24, 2.45) is 5.92 Å². The lowest BCUT2D eigenvalue weighted by molar-refractivity contribution is 0.663. The van der Waals surface area contributed by atoms with Crippen LogP contribution in [0.3, 0.4) is 0 Å². The first kappa shape index (κ1) is 13.1. The summed E-state index contributed by atoms with van der Waals surface area (Å²) in [5.74, 6) is 2.18. The molecule has 0 nitrogen and oxygen atoms in total. The third-order valence-electron chi connectivity index (χ3n) is 2.46. The van der Waals surface area contributed by atoms with E-state index in [2.05, 4.69) is 46.3 Å². The third-order valence-corrected chi connectivity index (χ3v) is 5.80. The Morgan fingerprint density at radius 2 is 1.85 bits per heavy atom. The van der Waals surface area contributed by atoms with Gasteiger partial charge in [-0.15, -0.1) is 0 Å². The molecular weight excluding hydrogens is 176 g/mol. The lowest BCUT2D eigenvalue weighted by Crippen LogP contribution is -2.02. The summed E-state index contributed by atoms with van der Waals surface area (Å²) in [5, 5.41) is 0. The molecule has 0 N–H and O–H groups in total. The quantitative estimate of drug-likeness (QED) is 0.619. The van der Waals surface area contributed by atoms with E-state index in [1.54, 1.807) is 4.91 Å². The van der Waals surface area contributed by atoms with E-state index < -0.39 is 10.0 Å². The second-order valence-corrected chi connectivity index (χ2v) is 8.82. The van der Waals surface area contributed by atoms with Gasteiger partial charge in [0.2, 0.25) is 0 Å². The van der Waals surface area contributed by atoms with Crippen LogP contribution in [0.25, 0.3) is 0 Å². The van der Waals surface area contributed by atoms with Crippen LogP contribution >= 0.6 is 10.0 Å². The Morgan fingerprint density at radius 3 is 2.23 bits per heavy atom. The first-order chi connectivity index (χ1) is 5.90. The summed E-state index contributed by atoms with van der Waals surface area (Å²) in [6, 6.07) is 0. The molecule has 0 saturated heterocycles. The van der Waals surface area contributed by atoms with Crippen LogP contribution in [-0.2, 0) is 0 Å². The zero-order valence-electron chi connectivity index (χ0n) is 10.2. The second kappa shape index (κ2) is 5.74. The monoisotopic (exact) mass is 202 g/mol. The van der Waals surface area contributed by atoms with Crippen LogP contribution in [0.1, 0.15) is 40.5 Å². The van der Waals surface area contributed by atoms with Gasteiger partial charge in [-0.1, -0.05) is 26.8 Å². The molecule has 0 aromatic carbocycles. The number of allylic oxidation sites excluding steroid dienone is 2. The van der Waals surface area contributed by atoms with Crippen LogP contribution in [0.15, 0.2) is 11.0 Å². The summed E-state index contributed by atoms with van der Waals surface area (Å²) in [7, 11) is -0.445. The Labute approximate surface area is 86.1 Å². The molecule has 0 heterocycles. The average Bonchev–Trinajstić information content (AvgIpc) is 1.99. The molecule has 0 atom stereocenters. The van der Waals surface area contributed by atoms with E-state index in [9.17, 15) is 0 Å². The Balaban J connectivity index is 4.21. The van der Waals surface area contributed by atoms with E-state index in [1.165, 1.54) is 18.6 Å². The lowest BCUT2D eigenvalue weighted by Gasteiger charge is -2.32. The molecule has 0 bridgehead atoms. The van der Waals surface area contributed by atoms with E-state index in [1.807, 2.05) is 0 Å². The number of hydrogen-bond donors (Lipinski definition) is 0. The molecule has 0 radical (unpaired) electrons. The summed E-state index contributed by atoms with van der Waals surface area (Å²) >= 11 is 0. The van der Waals surface area contributed by atoms with E-state index in [-0.39, 0.29) is 0 Å². The largest absolute Gasteiger partial charge is 0.225 e. The summed E-state index contributed by atoms with van der Waals surface area (Å²) < 4.78 is 0. The molecule has 0 saturated carbocycles. The molecule has 0 aliphatic carbocycles. The highest BCUT2D eigenvalue weighted by atomic mass is 32.3. The van der Waals surface area contributed by atoms with Gasteiger partial charge in [-0.3, -0.25) is 0 Å². The summed E-state index contributed by atoms with van der Waals surface area (Å²) in [4.78, 5) is 1.64. The average molecular weight is 202 g/mol. The van der Waals surface area contributed by atoms with Crippen molar-refractivity contribution < 1.29 is 0 Å². The van der Waals surface area contributed by atoms with Crippen molar-refractivity contribution in [2.45, 2.75) is 40.5 Å². The highest BCUT2D eigenvalue weighted by molar-refractivity contribution is 8.35. The molecule has 0 aliphatic heterocycles. The highest BCUT2D eigenvalue weighted by Crippen LogP contribution is 2.48. The lowest BCUT2D eigenvalue weighted by atomic mass is 10.1. The van der Waals surface area contributed by atoms with Gasteiger partial charge in [0.15, 0.2) is 0 Å². The number of rotatable bonds is 5. The maximum absolute atomic E-state index is 2.45. The topological polar surface area (TPSA) is 0 Å². The van der Waals surface area contributed by atoms with E-state index in [0.29, 0.717) is 0 Å². The van der Waals surface area contributed by atoms with Crippen molar-refractivity contribution in [1.29, 1.82) is 0 Å². The van der Waals surface area contributed by atoms with E-state index in [0.717, 1.165) is 5.92 Å². The molecule has 0 aromatic rings. The smallest absolute Gasteiger partial charge is 0.0199 e. The standard InChI is InChI=1S/C12H26S/c1-7-10-13(5,6)12(4)9-8-11(2)3/h9,11H,7-8,10H2,1-6H3. The van der Waals surface area contributed by atoms with E-state index in [4.69, 9.17) is 0 Å². The van der Waals surface area contributed by atoms with Gasteiger partial charge in [0.05, 0.1) is 0 Å². The van der Waals surface area contributed by atoms with Crippen LogP contribution < -0.4 is 0 Å².